The number of Topliss-reactive ketones (excluding diaryl/α,β-unsaturated/α-hetero) is 1. The molecule has 174 valence electrons. The van der Waals surface area contributed by atoms with Crippen molar-refractivity contribution in [2.75, 3.05) is 20.1 Å². The minimum atomic E-state index is -0.341. The van der Waals surface area contributed by atoms with Gasteiger partial charge < -0.3 is 9.64 Å². The molecule has 1 saturated heterocycles. The van der Waals surface area contributed by atoms with Crippen molar-refractivity contribution in [2.45, 2.75) is 31.8 Å². The molecule has 0 bridgehead atoms. The summed E-state index contributed by atoms with van der Waals surface area (Å²) in [6.45, 7) is 2.13. The second-order valence-corrected chi connectivity index (χ2v) is 9.08. The van der Waals surface area contributed by atoms with Crippen molar-refractivity contribution < 1.29 is 13.9 Å². The molecule has 1 aromatic heterocycles. The lowest BCUT2D eigenvalue weighted by Gasteiger charge is -2.29. The number of nitrogens with one attached hydrogen (secondary N) is 1. The van der Waals surface area contributed by atoms with E-state index >= 15 is 0 Å². The van der Waals surface area contributed by atoms with Gasteiger partial charge in [-0.1, -0.05) is 24.3 Å². The molecule has 1 N–H and O–H groups in total. The molecule has 34 heavy (non-hydrogen) atoms. The summed E-state index contributed by atoms with van der Waals surface area (Å²) >= 11 is 0. The van der Waals surface area contributed by atoms with Crippen LogP contribution in [0, 0.1) is 5.82 Å². The van der Waals surface area contributed by atoms with E-state index in [1.54, 1.807) is 18.2 Å². The number of H-pyrrole nitrogens is 1. The SMILES string of the molecule is CN1CCC(Oc2ccc(-c3n[nH]c4ccc(CC(=O)Cc5ccccc5F)cc34)cc2)CC1. The summed E-state index contributed by atoms with van der Waals surface area (Å²) in [5.41, 5.74) is 4.05. The van der Waals surface area contributed by atoms with Crippen LogP contribution in [-0.2, 0) is 17.6 Å². The molecule has 0 unspecified atom stereocenters. The number of hydrogen-bond donors (Lipinski definition) is 1. The Morgan fingerprint density at radius 3 is 2.59 bits per heavy atom. The Balaban J connectivity index is 1.30. The number of halogens is 1. The summed E-state index contributed by atoms with van der Waals surface area (Å²) in [7, 11) is 2.14. The first-order valence-electron chi connectivity index (χ1n) is 11.7. The first-order chi connectivity index (χ1) is 16.5. The van der Waals surface area contributed by atoms with E-state index in [2.05, 4.69) is 22.1 Å². The molecule has 6 heteroatoms. The third-order valence-electron chi connectivity index (χ3n) is 6.47. The van der Waals surface area contributed by atoms with Crippen LogP contribution in [0.2, 0.25) is 0 Å². The average molecular weight is 458 g/mol. The molecule has 1 aliphatic heterocycles. The van der Waals surface area contributed by atoms with Gasteiger partial charge in [-0.15, -0.1) is 0 Å². The zero-order chi connectivity index (χ0) is 23.5. The number of aromatic nitrogens is 2. The van der Waals surface area contributed by atoms with Gasteiger partial charge in [-0.25, -0.2) is 4.39 Å². The Morgan fingerprint density at radius 1 is 1.06 bits per heavy atom. The second-order valence-electron chi connectivity index (χ2n) is 9.08. The maximum absolute atomic E-state index is 13.9. The molecule has 1 aliphatic rings. The first-order valence-corrected chi connectivity index (χ1v) is 11.7. The van der Waals surface area contributed by atoms with Crippen LogP contribution in [0.15, 0.2) is 66.7 Å². The fourth-order valence-electron chi connectivity index (χ4n) is 4.52. The molecular weight excluding hydrogens is 429 g/mol. The van der Waals surface area contributed by atoms with Crippen LogP contribution in [0.1, 0.15) is 24.0 Å². The highest BCUT2D eigenvalue weighted by atomic mass is 19.1. The molecule has 0 spiro atoms. The smallest absolute Gasteiger partial charge is 0.141 e. The van der Waals surface area contributed by atoms with Gasteiger partial charge in [0.15, 0.2) is 0 Å². The Morgan fingerprint density at radius 2 is 1.82 bits per heavy atom. The van der Waals surface area contributed by atoms with Gasteiger partial charge in [-0.3, -0.25) is 9.89 Å². The quantitative estimate of drug-likeness (QED) is 0.415. The molecule has 0 atom stereocenters. The van der Waals surface area contributed by atoms with E-state index in [-0.39, 0.29) is 30.5 Å². The zero-order valence-electron chi connectivity index (χ0n) is 19.3. The van der Waals surface area contributed by atoms with Crippen LogP contribution >= 0.6 is 0 Å². The Kier molecular flexibility index (Phi) is 6.41. The normalized spacial score (nSPS) is 15.0. The van der Waals surface area contributed by atoms with Crippen LogP contribution in [0.4, 0.5) is 4.39 Å². The molecule has 5 rings (SSSR count). The van der Waals surface area contributed by atoms with E-state index in [0.717, 1.165) is 59.4 Å². The van der Waals surface area contributed by atoms with Crippen molar-refractivity contribution in [3.05, 3.63) is 83.7 Å². The van der Waals surface area contributed by atoms with Crippen molar-refractivity contribution in [2.24, 2.45) is 0 Å². The van der Waals surface area contributed by atoms with Crippen LogP contribution in [0.5, 0.6) is 5.75 Å². The number of nitrogens with zero attached hydrogens (tertiary/aromatic N) is 2. The van der Waals surface area contributed by atoms with E-state index in [9.17, 15) is 9.18 Å². The van der Waals surface area contributed by atoms with E-state index in [4.69, 9.17) is 4.74 Å². The van der Waals surface area contributed by atoms with Crippen LogP contribution < -0.4 is 4.74 Å². The summed E-state index contributed by atoms with van der Waals surface area (Å²) in [5, 5.41) is 8.55. The third-order valence-corrected chi connectivity index (χ3v) is 6.47. The third kappa shape index (κ3) is 5.02. The number of hydrogen-bond acceptors (Lipinski definition) is 4. The average Bonchev–Trinajstić information content (AvgIpc) is 3.26. The lowest BCUT2D eigenvalue weighted by Crippen LogP contribution is -2.35. The number of ether oxygens (including phenoxy) is 1. The monoisotopic (exact) mass is 457 g/mol. The zero-order valence-corrected chi connectivity index (χ0v) is 19.3. The number of benzene rings is 3. The van der Waals surface area contributed by atoms with Gasteiger partial charge in [0.2, 0.25) is 0 Å². The summed E-state index contributed by atoms with van der Waals surface area (Å²) in [6.07, 6.45) is 2.68. The molecule has 0 amide bonds. The van der Waals surface area contributed by atoms with Crippen LogP contribution in [0.3, 0.4) is 0 Å². The molecule has 5 nitrogen and oxygen atoms in total. The van der Waals surface area contributed by atoms with Gasteiger partial charge in [0.25, 0.3) is 0 Å². The van der Waals surface area contributed by atoms with E-state index < -0.39 is 0 Å². The van der Waals surface area contributed by atoms with Gasteiger partial charge in [-0.05, 0) is 73.5 Å². The molecule has 3 aromatic carbocycles. The predicted octanol–water partition coefficient (Wildman–Crippen LogP) is 5.20. The lowest BCUT2D eigenvalue weighted by molar-refractivity contribution is -0.117. The topological polar surface area (TPSA) is 58.2 Å². The van der Waals surface area contributed by atoms with Crippen molar-refractivity contribution in [3.63, 3.8) is 0 Å². The molecule has 2 heterocycles. The highest BCUT2D eigenvalue weighted by Gasteiger charge is 2.18. The Labute approximate surface area is 198 Å². The number of carbonyl (C=O) groups is 1. The van der Waals surface area contributed by atoms with Gasteiger partial charge in [-0.2, -0.15) is 5.10 Å². The maximum Gasteiger partial charge on any atom is 0.141 e. The number of aromatic amines is 1. The van der Waals surface area contributed by atoms with E-state index in [1.807, 2.05) is 42.5 Å². The molecule has 0 saturated carbocycles. The summed E-state index contributed by atoms with van der Waals surface area (Å²) in [6, 6.07) is 20.3. The summed E-state index contributed by atoms with van der Waals surface area (Å²) in [5.74, 6) is 0.508. The number of fused-ring (bicyclic) bond motifs is 1. The maximum atomic E-state index is 13.9. The van der Waals surface area contributed by atoms with Crippen LogP contribution in [0.25, 0.3) is 22.2 Å². The Bertz CT molecular complexity index is 1290. The number of carbonyl (C=O) groups excluding carboxylic acids is 1. The highest BCUT2D eigenvalue weighted by molar-refractivity contribution is 5.94. The van der Waals surface area contributed by atoms with Crippen molar-refractivity contribution >= 4 is 16.7 Å². The molecular formula is C28H28FN3O2. The van der Waals surface area contributed by atoms with Crippen molar-refractivity contribution in [3.8, 4) is 17.0 Å². The molecule has 4 aromatic rings. The van der Waals surface area contributed by atoms with Crippen LogP contribution in [-0.4, -0.2) is 47.1 Å². The van der Waals surface area contributed by atoms with Crippen molar-refractivity contribution in [1.82, 2.24) is 15.1 Å². The number of likely N-dealkylation sites (tertiary alicyclic amines) is 1. The first kappa shape index (κ1) is 22.3. The second kappa shape index (κ2) is 9.77. The Hall–Kier alpha value is -3.51. The fraction of sp³-hybridized carbons (Fsp3) is 0.286. The summed E-state index contributed by atoms with van der Waals surface area (Å²) in [4.78, 5) is 14.9. The number of ketones is 1. The molecule has 0 radical (unpaired) electrons. The standard InChI is InChI=1S/C28H28FN3O2/c1-32-14-12-24(13-15-32)34-23-9-7-20(8-10-23)28-25-17-19(6-11-27(25)30-31-28)16-22(33)18-21-4-2-3-5-26(21)29/h2-11,17,24H,12-16,18H2,1H3,(H,30,31). The number of rotatable bonds is 7. The summed E-state index contributed by atoms with van der Waals surface area (Å²) < 4.78 is 20.1. The van der Waals surface area contributed by atoms with E-state index in [0.29, 0.717) is 5.56 Å². The van der Waals surface area contributed by atoms with E-state index in [1.165, 1.54) is 6.07 Å². The molecule has 1 fully saturated rings. The van der Waals surface area contributed by atoms with Gasteiger partial charge >= 0.3 is 0 Å². The minimum Gasteiger partial charge on any atom is -0.490 e. The molecule has 0 aliphatic carbocycles. The van der Waals surface area contributed by atoms with Gasteiger partial charge in [0.1, 0.15) is 23.5 Å². The number of piperidine rings is 1. The van der Waals surface area contributed by atoms with Gasteiger partial charge in [0.05, 0.1) is 11.2 Å². The largest absolute Gasteiger partial charge is 0.490 e. The lowest BCUT2D eigenvalue weighted by atomic mass is 10.00. The van der Waals surface area contributed by atoms with Crippen molar-refractivity contribution in [1.29, 1.82) is 0 Å². The predicted molar refractivity (Wildman–Crippen MR) is 131 cm³/mol. The minimum absolute atomic E-state index is 0.0232. The van der Waals surface area contributed by atoms with Gasteiger partial charge in [0, 0.05) is 36.9 Å². The fourth-order valence-corrected chi connectivity index (χ4v) is 4.52. The highest BCUT2D eigenvalue weighted by Crippen LogP contribution is 2.29.